The number of nitrogens with one attached hydrogen (secondary N) is 1. The Labute approximate surface area is 92.3 Å². The van der Waals surface area contributed by atoms with Gasteiger partial charge in [0.2, 0.25) is 0 Å². The van der Waals surface area contributed by atoms with Crippen LogP contribution in [0.1, 0.15) is 19.8 Å². The summed E-state index contributed by atoms with van der Waals surface area (Å²) in [5.74, 6) is 1.11. The van der Waals surface area contributed by atoms with Gasteiger partial charge in [0.25, 0.3) is 0 Å². The fraction of sp³-hybridized carbons (Fsp3) is 1.00. The maximum Gasteiger partial charge on any atom is 0.150 e. The molecule has 1 unspecified atom stereocenters. The number of rotatable bonds is 7. The van der Waals surface area contributed by atoms with Crippen molar-refractivity contribution in [3.8, 4) is 0 Å². The summed E-state index contributed by atoms with van der Waals surface area (Å²) >= 11 is 0. The molecule has 0 saturated carbocycles. The Bertz CT molecular complexity index is 258. The van der Waals surface area contributed by atoms with Gasteiger partial charge in [-0.05, 0) is 25.3 Å². The van der Waals surface area contributed by atoms with E-state index in [2.05, 4.69) is 5.32 Å². The average molecular weight is 235 g/mol. The molecule has 1 heterocycles. The van der Waals surface area contributed by atoms with Gasteiger partial charge in [-0.3, -0.25) is 0 Å². The van der Waals surface area contributed by atoms with Crippen LogP contribution in [0.25, 0.3) is 0 Å². The normalized spacial score (nSPS) is 22.1. The van der Waals surface area contributed by atoms with Crippen LogP contribution in [0.15, 0.2) is 0 Å². The van der Waals surface area contributed by atoms with Crippen LogP contribution in [0.4, 0.5) is 0 Å². The second-order valence-corrected chi connectivity index (χ2v) is 6.50. The Morgan fingerprint density at radius 3 is 2.87 bits per heavy atom. The van der Waals surface area contributed by atoms with Gasteiger partial charge < -0.3 is 10.1 Å². The summed E-state index contributed by atoms with van der Waals surface area (Å²) in [4.78, 5) is 0. The molecule has 0 aromatic rings. The zero-order chi connectivity index (χ0) is 11.1. The van der Waals surface area contributed by atoms with Gasteiger partial charge in [-0.15, -0.1) is 0 Å². The quantitative estimate of drug-likeness (QED) is 0.651. The molecule has 0 aliphatic carbocycles. The molecular formula is C10H21NO3S. The summed E-state index contributed by atoms with van der Waals surface area (Å²) in [7, 11) is -2.81. The first kappa shape index (κ1) is 12.9. The van der Waals surface area contributed by atoms with E-state index in [0.29, 0.717) is 18.9 Å². The lowest BCUT2D eigenvalue weighted by Crippen LogP contribution is -2.16. The van der Waals surface area contributed by atoms with E-state index in [1.165, 1.54) is 6.42 Å². The minimum atomic E-state index is -2.81. The lowest BCUT2D eigenvalue weighted by Gasteiger charge is -2.08. The van der Waals surface area contributed by atoms with Crippen LogP contribution in [0.3, 0.4) is 0 Å². The summed E-state index contributed by atoms with van der Waals surface area (Å²) in [6.45, 7) is 5.13. The van der Waals surface area contributed by atoms with Gasteiger partial charge in [0.15, 0.2) is 0 Å². The molecule has 1 aliphatic rings. The van der Waals surface area contributed by atoms with Crippen LogP contribution in [0.2, 0.25) is 0 Å². The SMILES string of the molecule is CCS(=O)(=O)CCCOCC1CCNC1. The van der Waals surface area contributed by atoms with Crippen molar-refractivity contribution in [2.24, 2.45) is 5.92 Å². The summed E-state index contributed by atoms with van der Waals surface area (Å²) in [6.07, 6.45) is 1.80. The molecular weight excluding hydrogens is 214 g/mol. The minimum Gasteiger partial charge on any atom is -0.381 e. The molecule has 0 aromatic heterocycles. The molecule has 4 nitrogen and oxygen atoms in total. The molecule has 90 valence electrons. The molecule has 5 heteroatoms. The van der Waals surface area contributed by atoms with E-state index in [1.54, 1.807) is 6.92 Å². The zero-order valence-corrected chi connectivity index (χ0v) is 10.2. The third-order valence-corrected chi connectivity index (χ3v) is 4.49. The van der Waals surface area contributed by atoms with E-state index in [9.17, 15) is 8.42 Å². The van der Waals surface area contributed by atoms with Crippen molar-refractivity contribution in [3.05, 3.63) is 0 Å². The Morgan fingerprint density at radius 1 is 1.47 bits per heavy atom. The first-order valence-corrected chi connectivity index (χ1v) is 7.45. The lowest BCUT2D eigenvalue weighted by atomic mass is 10.1. The lowest BCUT2D eigenvalue weighted by molar-refractivity contribution is 0.106. The predicted molar refractivity (Wildman–Crippen MR) is 60.7 cm³/mol. The van der Waals surface area contributed by atoms with Crippen LogP contribution in [0.5, 0.6) is 0 Å². The van der Waals surface area contributed by atoms with Crippen molar-refractivity contribution in [1.29, 1.82) is 0 Å². The van der Waals surface area contributed by atoms with E-state index < -0.39 is 9.84 Å². The van der Waals surface area contributed by atoms with E-state index >= 15 is 0 Å². The van der Waals surface area contributed by atoms with E-state index in [-0.39, 0.29) is 11.5 Å². The molecule has 1 saturated heterocycles. The fourth-order valence-corrected chi connectivity index (χ4v) is 2.48. The van der Waals surface area contributed by atoms with Gasteiger partial charge in [-0.25, -0.2) is 8.42 Å². The minimum absolute atomic E-state index is 0.236. The third-order valence-electron chi connectivity index (χ3n) is 2.70. The van der Waals surface area contributed by atoms with Crippen molar-refractivity contribution < 1.29 is 13.2 Å². The van der Waals surface area contributed by atoms with Gasteiger partial charge in [0.1, 0.15) is 9.84 Å². The summed E-state index contributed by atoms with van der Waals surface area (Å²) in [5, 5.41) is 3.27. The summed E-state index contributed by atoms with van der Waals surface area (Å²) in [5.41, 5.74) is 0. The topological polar surface area (TPSA) is 55.4 Å². The van der Waals surface area contributed by atoms with Crippen molar-refractivity contribution in [2.45, 2.75) is 19.8 Å². The molecule has 0 spiro atoms. The zero-order valence-electron chi connectivity index (χ0n) is 9.37. The molecule has 1 N–H and O–H groups in total. The number of hydrogen-bond donors (Lipinski definition) is 1. The highest BCUT2D eigenvalue weighted by atomic mass is 32.2. The van der Waals surface area contributed by atoms with Crippen molar-refractivity contribution in [1.82, 2.24) is 5.32 Å². The molecule has 1 atom stereocenters. The highest BCUT2D eigenvalue weighted by Gasteiger charge is 2.14. The first-order valence-electron chi connectivity index (χ1n) is 5.63. The van der Waals surface area contributed by atoms with Crippen molar-refractivity contribution in [2.75, 3.05) is 37.8 Å². The van der Waals surface area contributed by atoms with E-state index in [0.717, 1.165) is 19.7 Å². The molecule has 0 bridgehead atoms. The predicted octanol–water partition coefficient (Wildman–Crippen LogP) is 0.437. The summed E-state index contributed by atoms with van der Waals surface area (Å²) in [6, 6.07) is 0. The van der Waals surface area contributed by atoms with Gasteiger partial charge in [-0.1, -0.05) is 6.92 Å². The molecule has 1 rings (SSSR count). The van der Waals surface area contributed by atoms with Crippen LogP contribution >= 0.6 is 0 Å². The molecule has 0 radical (unpaired) electrons. The molecule has 0 amide bonds. The second kappa shape index (κ2) is 6.45. The van der Waals surface area contributed by atoms with Crippen molar-refractivity contribution in [3.63, 3.8) is 0 Å². The molecule has 1 fully saturated rings. The molecule has 1 aliphatic heterocycles. The standard InChI is InChI=1S/C10H21NO3S/c1-2-15(12,13)7-3-6-14-9-10-4-5-11-8-10/h10-11H,2-9H2,1H3. The third kappa shape index (κ3) is 5.49. The van der Waals surface area contributed by atoms with E-state index in [1.807, 2.05) is 0 Å². The summed E-state index contributed by atoms with van der Waals surface area (Å²) < 4.78 is 27.8. The monoisotopic (exact) mass is 235 g/mol. The second-order valence-electron chi connectivity index (χ2n) is 4.02. The molecule has 15 heavy (non-hydrogen) atoms. The number of sulfone groups is 1. The first-order chi connectivity index (χ1) is 7.14. The van der Waals surface area contributed by atoms with Crippen LogP contribution in [0, 0.1) is 5.92 Å². The maximum absolute atomic E-state index is 11.2. The Kier molecular flexibility index (Phi) is 5.56. The van der Waals surface area contributed by atoms with Gasteiger partial charge >= 0.3 is 0 Å². The highest BCUT2D eigenvalue weighted by Crippen LogP contribution is 2.07. The average Bonchev–Trinajstić information content (AvgIpc) is 2.70. The van der Waals surface area contributed by atoms with Crippen LogP contribution in [-0.4, -0.2) is 46.2 Å². The molecule has 0 aromatic carbocycles. The smallest absolute Gasteiger partial charge is 0.150 e. The van der Waals surface area contributed by atoms with Crippen LogP contribution < -0.4 is 5.32 Å². The van der Waals surface area contributed by atoms with Gasteiger partial charge in [0, 0.05) is 18.9 Å². The maximum atomic E-state index is 11.2. The Morgan fingerprint density at radius 2 is 2.27 bits per heavy atom. The van der Waals surface area contributed by atoms with Crippen LogP contribution in [-0.2, 0) is 14.6 Å². The Hall–Kier alpha value is -0.130. The number of ether oxygens (including phenoxy) is 1. The van der Waals surface area contributed by atoms with Crippen molar-refractivity contribution >= 4 is 9.84 Å². The fourth-order valence-electron chi connectivity index (χ4n) is 1.63. The largest absolute Gasteiger partial charge is 0.381 e. The Balaban J connectivity index is 1.97. The number of hydrogen-bond acceptors (Lipinski definition) is 4. The highest BCUT2D eigenvalue weighted by molar-refractivity contribution is 7.91. The van der Waals surface area contributed by atoms with Gasteiger partial charge in [0.05, 0.1) is 12.4 Å². The van der Waals surface area contributed by atoms with E-state index in [4.69, 9.17) is 4.74 Å². The van der Waals surface area contributed by atoms with Gasteiger partial charge in [-0.2, -0.15) is 0 Å².